The van der Waals surface area contributed by atoms with Crippen LogP contribution in [0.25, 0.3) is 0 Å². The van der Waals surface area contributed by atoms with Gasteiger partial charge in [-0.25, -0.2) is 4.98 Å². The van der Waals surface area contributed by atoms with Crippen LogP contribution in [0.5, 0.6) is 0 Å². The van der Waals surface area contributed by atoms with Gasteiger partial charge in [-0.2, -0.15) is 0 Å². The zero-order valence-corrected chi connectivity index (χ0v) is 11.5. The highest BCUT2D eigenvalue weighted by Crippen LogP contribution is 2.27. The minimum atomic E-state index is 0.591. The van der Waals surface area contributed by atoms with E-state index in [0.29, 0.717) is 5.15 Å². The van der Waals surface area contributed by atoms with Crippen LogP contribution in [0.3, 0.4) is 0 Å². The number of rotatable bonds is 3. The first-order valence-electron chi connectivity index (χ1n) is 6.46. The molecule has 0 saturated heterocycles. The molecule has 2 rings (SSSR count). The van der Waals surface area contributed by atoms with Gasteiger partial charge in [-0.15, -0.1) is 0 Å². The lowest BCUT2D eigenvalue weighted by molar-refractivity contribution is 0.164. The van der Waals surface area contributed by atoms with Gasteiger partial charge in [-0.1, -0.05) is 18.5 Å². The molecule has 0 N–H and O–H groups in total. The largest absolute Gasteiger partial charge is 0.299 e. The van der Waals surface area contributed by atoms with Crippen LogP contribution in [0.15, 0.2) is 18.3 Å². The molecule has 1 aliphatic carbocycles. The third-order valence-corrected chi connectivity index (χ3v) is 4.04. The van der Waals surface area contributed by atoms with E-state index >= 15 is 0 Å². The highest BCUT2D eigenvalue weighted by Gasteiger charge is 2.21. The van der Waals surface area contributed by atoms with Gasteiger partial charge in [0.2, 0.25) is 0 Å². The second-order valence-electron chi connectivity index (χ2n) is 5.32. The Morgan fingerprint density at radius 1 is 1.35 bits per heavy atom. The lowest BCUT2D eigenvalue weighted by Gasteiger charge is -2.33. The van der Waals surface area contributed by atoms with Gasteiger partial charge in [0.1, 0.15) is 5.15 Å². The van der Waals surface area contributed by atoms with Gasteiger partial charge < -0.3 is 0 Å². The second-order valence-corrected chi connectivity index (χ2v) is 5.70. The summed E-state index contributed by atoms with van der Waals surface area (Å²) in [5, 5.41) is 0.591. The van der Waals surface area contributed by atoms with Crippen LogP contribution in [0.2, 0.25) is 5.15 Å². The maximum atomic E-state index is 5.90. The lowest BCUT2D eigenvalue weighted by atomic mass is 9.86. The Balaban J connectivity index is 1.90. The Hall–Kier alpha value is -0.600. The van der Waals surface area contributed by atoms with Gasteiger partial charge in [0.05, 0.1) is 0 Å². The van der Waals surface area contributed by atoms with Gasteiger partial charge in [0.15, 0.2) is 0 Å². The SMILES string of the molecule is CC1CCC(N(C)Cc2ccnc(Cl)c2)CC1. The maximum Gasteiger partial charge on any atom is 0.129 e. The van der Waals surface area contributed by atoms with E-state index in [1.807, 2.05) is 12.1 Å². The van der Waals surface area contributed by atoms with Crippen LogP contribution < -0.4 is 0 Å². The normalized spacial score (nSPS) is 25.2. The maximum absolute atomic E-state index is 5.90. The summed E-state index contributed by atoms with van der Waals surface area (Å²) in [7, 11) is 2.22. The quantitative estimate of drug-likeness (QED) is 0.762. The van der Waals surface area contributed by atoms with Crippen molar-refractivity contribution in [2.24, 2.45) is 5.92 Å². The van der Waals surface area contributed by atoms with Crippen LogP contribution in [-0.2, 0) is 6.54 Å². The molecule has 1 fully saturated rings. The van der Waals surface area contributed by atoms with Gasteiger partial charge >= 0.3 is 0 Å². The van der Waals surface area contributed by atoms with Crippen LogP contribution in [0.1, 0.15) is 38.2 Å². The third-order valence-electron chi connectivity index (χ3n) is 3.83. The third kappa shape index (κ3) is 3.68. The average Bonchev–Trinajstić information content (AvgIpc) is 2.29. The minimum absolute atomic E-state index is 0.591. The van der Waals surface area contributed by atoms with Crippen molar-refractivity contribution >= 4 is 11.6 Å². The Labute approximate surface area is 109 Å². The molecule has 1 aliphatic rings. The molecule has 2 nitrogen and oxygen atoms in total. The summed E-state index contributed by atoms with van der Waals surface area (Å²) in [5.41, 5.74) is 1.26. The smallest absolute Gasteiger partial charge is 0.129 e. The first kappa shape index (κ1) is 12.8. The predicted octanol–water partition coefficient (Wildman–Crippen LogP) is 3.75. The minimum Gasteiger partial charge on any atom is -0.299 e. The first-order chi connectivity index (χ1) is 8.15. The molecule has 0 bridgehead atoms. The topological polar surface area (TPSA) is 16.1 Å². The number of hydrogen-bond donors (Lipinski definition) is 0. The first-order valence-corrected chi connectivity index (χ1v) is 6.83. The van der Waals surface area contributed by atoms with Crippen molar-refractivity contribution in [3.05, 3.63) is 29.0 Å². The molecule has 1 heterocycles. The molecule has 0 aromatic carbocycles. The molecule has 94 valence electrons. The van der Waals surface area contributed by atoms with Crippen molar-refractivity contribution in [3.8, 4) is 0 Å². The van der Waals surface area contributed by atoms with Crippen molar-refractivity contribution in [2.75, 3.05) is 7.05 Å². The van der Waals surface area contributed by atoms with Crippen LogP contribution in [0.4, 0.5) is 0 Å². The molecule has 3 heteroatoms. The zero-order chi connectivity index (χ0) is 12.3. The number of pyridine rings is 1. The summed E-state index contributed by atoms with van der Waals surface area (Å²) in [5.74, 6) is 0.912. The van der Waals surface area contributed by atoms with E-state index in [1.165, 1.54) is 31.2 Å². The summed E-state index contributed by atoms with van der Waals surface area (Å²) >= 11 is 5.90. The summed E-state index contributed by atoms with van der Waals surface area (Å²) in [6.45, 7) is 3.33. The fourth-order valence-corrected chi connectivity index (χ4v) is 2.84. The molecule has 0 atom stereocenters. The summed E-state index contributed by atoms with van der Waals surface area (Å²) in [6, 6.07) is 4.75. The molecule has 0 unspecified atom stereocenters. The van der Waals surface area contributed by atoms with Crippen molar-refractivity contribution < 1.29 is 0 Å². The van der Waals surface area contributed by atoms with E-state index in [9.17, 15) is 0 Å². The molecular formula is C14H21ClN2. The Morgan fingerprint density at radius 2 is 2.06 bits per heavy atom. The van der Waals surface area contributed by atoms with Gasteiger partial charge in [0, 0.05) is 18.8 Å². The van der Waals surface area contributed by atoms with Crippen LogP contribution in [-0.4, -0.2) is 23.0 Å². The van der Waals surface area contributed by atoms with Gasteiger partial charge in [-0.3, -0.25) is 4.90 Å². The molecule has 0 amide bonds. The molecule has 0 spiro atoms. The molecule has 0 radical (unpaired) electrons. The van der Waals surface area contributed by atoms with E-state index < -0.39 is 0 Å². The molecule has 17 heavy (non-hydrogen) atoms. The Morgan fingerprint density at radius 3 is 2.71 bits per heavy atom. The molecule has 1 aromatic heterocycles. The van der Waals surface area contributed by atoms with E-state index in [1.54, 1.807) is 6.20 Å². The Bertz CT molecular complexity index is 359. The summed E-state index contributed by atoms with van der Waals surface area (Å²) in [4.78, 5) is 6.47. The zero-order valence-electron chi connectivity index (χ0n) is 10.7. The summed E-state index contributed by atoms with van der Waals surface area (Å²) in [6.07, 6.45) is 7.18. The molecular weight excluding hydrogens is 232 g/mol. The monoisotopic (exact) mass is 252 g/mol. The highest BCUT2D eigenvalue weighted by atomic mass is 35.5. The van der Waals surface area contributed by atoms with Gasteiger partial charge in [0.25, 0.3) is 0 Å². The average molecular weight is 253 g/mol. The summed E-state index contributed by atoms with van der Waals surface area (Å²) < 4.78 is 0. The highest BCUT2D eigenvalue weighted by molar-refractivity contribution is 6.29. The van der Waals surface area contributed by atoms with Crippen molar-refractivity contribution in [3.63, 3.8) is 0 Å². The van der Waals surface area contributed by atoms with Crippen LogP contribution in [0, 0.1) is 5.92 Å². The molecule has 1 saturated carbocycles. The second kappa shape index (κ2) is 5.83. The fraction of sp³-hybridized carbons (Fsp3) is 0.643. The van der Waals surface area contributed by atoms with E-state index in [4.69, 9.17) is 11.6 Å². The molecule has 1 aromatic rings. The van der Waals surface area contributed by atoms with Crippen LogP contribution >= 0.6 is 11.6 Å². The van der Waals surface area contributed by atoms with E-state index in [2.05, 4.69) is 23.9 Å². The predicted molar refractivity (Wildman–Crippen MR) is 72.1 cm³/mol. The Kier molecular flexibility index (Phi) is 4.41. The van der Waals surface area contributed by atoms with Crippen molar-refractivity contribution in [1.29, 1.82) is 0 Å². The van der Waals surface area contributed by atoms with Gasteiger partial charge in [-0.05, 0) is 56.3 Å². The standard InChI is InChI=1S/C14H21ClN2/c1-11-3-5-13(6-4-11)17(2)10-12-7-8-16-14(15)9-12/h7-9,11,13H,3-6,10H2,1-2H3. The van der Waals surface area contributed by atoms with E-state index in [0.717, 1.165) is 18.5 Å². The molecule has 0 aliphatic heterocycles. The fourth-order valence-electron chi connectivity index (χ4n) is 2.64. The number of halogens is 1. The number of aromatic nitrogens is 1. The van der Waals surface area contributed by atoms with E-state index in [-0.39, 0.29) is 0 Å². The van der Waals surface area contributed by atoms with Crippen molar-refractivity contribution in [1.82, 2.24) is 9.88 Å². The lowest BCUT2D eigenvalue weighted by Crippen LogP contribution is -2.34. The number of hydrogen-bond acceptors (Lipinski definition) is 2. The number of nitrogens with zero attached hydrogens (tertiary/aromatic N) is 2. The van der Waals surface area contributed by atoms with Crippen molar-refractivity contribution in [2.45, 2.75) is 45.2 Å².